The molecule has 0 aliphatic carbocycles. The van der Waals surface area contributed by atoms with Crippen LogP contribution in [0.4, 0.5) is 5.69 Å². The minimum atomic E-state index is -0.532. The second kappa shape index (κ2) is 6.89. The van der Waals surface area contributed by atoms with Gasteiger partial charge in [0.15, 0.2) is 0 Å². The topological polar surface area (TPSA) is 69.7 Å². The summed E-state index contributed by atoms with van der Waals surface area (Å²) >= 11 is 0. The van der Waals surface area contributed by atoms with Crippen molar-refractivity contribution in [2.24, 2.45) is 0 Å². The van der Waals surface area contributed by atoms with Crippen molar-refractivity contribution in [3.05, 3.63) is 29.8 Å². The fourth-order valence-electron chi connectivity index (χ4n) is 2.92. The van der Waals surface area contributed by atoms with E-state index in [0.717, 1.165) is 31.4 Å². The first-order chi connectivity index (χ1) is 9.22. The first kappa shape index (κ1) is 14.3. The SMILES string of the molecule is Nc1ccccc1C(O)CN1CCCC1CCCO. The number of nitrogen functional groups attached to an aromatic ring is 1. The number of hydrogen-bond donors (Lipinski definition) is 3. The smallest absolute Gasteiger partial charge is 0.0936 e. The number of nitrogens with zero attached hydrogens (tertiary/aromatic N) is 1. The molecule has 106 valence electrons. The largest absolute Gasteiger partial charge is 0.398 e. The Morgan fingerprint density at radius 1 is 1.37 bits per heavy atom. The molecular weight excluding hydrogens is 240 g/mol. The molecule has 19 heavy (non-hydrogen) atoms. The van der Waals surface area contributed by atoms with Crippen LogP contribution in [-0.4, -0.2) is 40.9 Å². The molecule has 0 aromatic heterocycles. The van der Waals surface area contributed by atoms with E-state index >= 15 is 0 Å². The Hall–Kier alpha value is -1.10. The number of β-amino-alcohol motifs (C(OH)–C–C–N with tert-alkyl or cyclic N) is 1. The maximum Gasteiger partial charge on any atom is 0.0936 e. The normalized spacial score (nSPS) is 21.7. The lowest BCUT2D eigenvalue weighted by atomic mass is 10.1. The summed E-state index contributed by atoms with van der Waals surface area (Å²) < 4.78 is 0. The average Bonchev–Trinajstić information content (AvgIpc) is 2.84. The number of rotatable bonds is 6. The van der Waals surface area contributed by atoms with Gasteiger partial charge in [-0.25, -0.2) is 0 Å². The monoisotopic (exact) mass is 264 g/mol. The lowest BCUT2D eigenvalue weighted by Gasteiger charge is -2.27. The Morgan fingerprint density at radius 3 is 2.89 bits per heavy atom. The van der Waals surface area contributed by atoms with Crippen LogP contribution in [0.15, 0.2) is 24.3 Å². The predicted molar refractivity (Wildman–Crippen MR) is 76.7 cm³/mol. The molecule has 0 bridgehead atoms. The zero-order valence-electron chi connectivity index (χ0n) is 11.3. The van der Waals surface area contributed by atoms with E-state index in [1.807, 2.05) is 24.3 Å². The standard InChI is InChI=1S/C15H24N2O2/c16-14-8-2-1-7-13(14)15(19)11-17-9-3-5-12(17)6-4-10-18/h1-2,7-8,12,15,18-19H,3-6,9-11,16H2. The van der Waals surface area contributed by atoms with Crippen LogP contribution in [0.3, 0.4) is 0 Å². The van der Waals surface area contributed by atoms with Gasteiger partial charge in [0, 0.05) is 30.4 Å². The molecule has 4 N–H and O–H groups in total. The molecule has 0 radical (unpaired) electrons. The van der Waals surface area contributed by atoms with Gasteiger partial charge in [-0.05, 0) is 38.3 Å². The third kappa shape index (κ3) is 3.69. The summed E-state index contributed by atoms with van der Waals surface area (Å²) in [6.07, 6.45) is 3.65. The van der Waals surface area contributed by atoms with Crippen LogP contribution in [0.2, 0.25) is 0 Å². The first-order valence-corrected chi connectivity index (χ1v) is 7.09. The van der Waals surface area contributed by atoms with Crippen molar-refractivity contribution in [3.63, 3.8) is 0 Å². The summed E-state index contributed by atoms with van der Waals surface area (Å²) in [5, 5.41) is 19.3. The summed E-state index contributed by atoms with van der Waals surface area (Å²) in [6.45, 7) is 1.91. The van der Waals surface area contributed by atoms with Gasteiger partial charge in [-0.1, -0.05) is 18.2 Å². The molecule has 2 atom stereocenters. The number of likely N-dealkylation sites (tertiary alicyclic amines) is 1. The van der Waals surface area contributed by atoms with Crippen LogP contribution in [0.5, 0.6) is 0 Å². The van der Waals surface area contributed by atoms with Crippen molar-refractivity contribution in [1.82, 2.24) is 4.90 Å². The molecule has 1 saturated heterocycles. The van der Waals surface area contributed by atoms with Crippen LogP contribution in [0, 0.1) is 0 Å². The van der Waals surface area contributed by atoms with Gasteiger partial charge < -0.3 is 15.9 Å². The number of aliphatic hydroxyl groups is 2. The molecule has 2 unspecified atom stereocenters. The Bertz CT molecular complexity index is 397. The molecule has 4 heteroatoms. The third-order valence-corrected chi connectivity index (χ3v) is 3.96. The van der Waals surface area contributed by atoms with E-state index in [0.29, 0.717) is 18.3 Å². The first-order valence-electron chi connectivity index (χ1n) is 7.09. The second-order valence-corrected chi connectivity index (χ2v) is 5.30. The molecule has 2 rings (SSSR count). The van der Waals surface area contributed by atoms with Crippen molar-refractivity contribution < 1.29 is 10.2 Å². The zero-order chi connectivity index (χ0) is 13.7. The molecule has 0 spiro atoms. The van der Waals surface area contributed by atoms with Gasteiger partial charge in [-0.15, -0.1) is 0 Å². The van der Waals surface area contributed by atoms with Gasteiger partial charge in [0.05, 0.1) is 6.10 Å². The van der Waals surface area contributed by atoms with Crippen LogP contribution in [0.1, 0.15) is 37.4 Å². The van der Waals surface area contributed by atoms with Crippen LogP contribution in [-0.2, 0) is 0 Å². The molecule has 1 aliphatic rings. The van der Waals surface area contributed by atoms with E-state index in [9.17, 15) is 5.11 Å². The summed E-state index contributed by atoms with van der Waals surface area (Å²) in [5.74, 6) is 0. The van der Waals surface area contributed by atoms with E-state index in [-0.39, 0.29) is 6.61 Å². The van der Waals surface area contributed by atoms with E-state index in [1.54, 1.807) is 0 Å². The Kier molecular flexibility index (Phi) is 5.19. The number of hydrogen-bond acceptors (Lipinski definition) is 4. The number of anilines is 1. The molecule has 1 aromatic rings. The second-order valence-electron chi connectivity index (χ2n) is 5.30. The Labute approximate surface area is 114 Å². The van der Waals surface area contributed by atoms with Crippen molar-refractivity contribution in [2.75, 3.05) is 25.4 Å². The molecule has 1 fully saturated rings. The Balaban J connectivity index is 1.94. The summed E-state index contributed by atoms with van der Waals surface area (Å²) in [6, 6.07) is 7.99. The quantitative estimate of drug-likeness (QED) is 0.682. The number of nitrogens with two attached hydrogens (primary N) is 1. The van der Waals surface area contributed by atoms with Crippen molar-refractivity contribution in [2.45, 2.75) is 37.8 Å². The van der Waals surface area contributed by atoms with Gasteiger partial charge in [-0.2, -0.15) is 0 Å². The fraction of sp³-hybridized carbons (Fsp3) is 0.600. The zero-order valence-corrected chi connectivity index (χ0v) is 11.3. The molecular formula is C15H24N2O2. The van der Waals surface area contributed by atoms with Crippen LogP contribution >= 0.6 is 0 Å². The van der Waals surface area contributed by atoms with Gasteiger partial charge in [0.1, 0.15) is 0 Å². The highest BCUT2D eigenvalue weighted by atomic mass is 16.3. The van der Waals surface area contributed by atoms with Gasteiger partial charge in [0.2, 0.25) is 0 Å². The minimum Gasteiger partial charge on any atom is -0.398 e. The molecule has 1 heterocycles. The van der Waals surface area contributed by atoms with Crippen molar-refractivity contribution in [1.29, 1.82) is 0 Å². The highest BCUT2D eigenvalue weighted by Gasteiger charge is 2.26. The number of para-hydroxylation sites is 1. The molecule has 0 amide bonds. The molecule has 1 aliphatic heterocycles. The van der Waals surface area contributed by atoms with E-state index in [4.69, 9.17) is 10.8 Å². The van der Waals surface area contributed by atoms with Gasteiger partial charge >= 0.3 is 0 Å². The number of benzene rings is 1. The number of aliphatic hydroxyl groups excluding tert-OH is 2. The average molecular weight is 264 g/mol. The predicted octanol–water partition coefficient (Wildman–Crippen LogP) is 1.54. The minimum absolute atomic E-state index is 0.249. The maximum atomic E-state index is 10.3. The fourth-order valence-corrected chi connectivity index (χ4v) is 2.92. The highest BCUT2D eigenvalue weighted by molar-refractivity contribution is 5.47. The highest BCUT2D eigenvalue weighted by Crippen LogP contribution is 2.26. The maximum absolute atomic E-state index is 10.3. The van der Waals surface area contributed by atoms with E-state index < -0.39 is 6.10 Å². The summed E-state index contributed by atoms with van der Waals surface area (Å²) in [4.78, 5) is 2.33. The lowest BCUT2D eigenvalue weighted by Crippen LogP contribution is -2.33. The third-order valence-electron chi connectivity index (χ3n) is 3.96. The van der Waals surface area contributed by atoms with Crippen molar-refractivity contribution in [3.8, 4) is 0 Å². The van der Waals surface area contributed by atoms with Gasteiger partial charge in [-0.3, -0.25) is 4.90 Å². The van der Waals surface area contributed by atoms with Gasteiger partial charge in [0.25, 0.3) is 0 Å². The van der Waals surface area contributed by atoms with E-state index in [2.05, 4.69) is 4.90 Å². The summed E-state index contributed by atoms with van der Waals surface area (Å²) in [5.41, 5.74) is 7.37. The summed E-state index contributed by atoms with van der Waals surface area (Å²) in [7, 11) is 0. The Morgan fingerprint density at radius 2 is 2.16 bits per heavy atom. The van der Waals surface area contributed by atoms with Crippen molar-refractivity contribution >= 4 is 5.69 Å². The van der Waals surface area contributed by atoms with Crippen LogP contribution in [0.25, 0.3) is 0 Å². The lowest BCUT2D eigenvalue weighted by molar-refractivity contribution is 0.102. The molecule has 0 saturated carbocycles. The molecule has 1 aromatic carbocycles. The molecule has 4 nitrogen and oxygen atoms in total. The van der Waals surface area contributed by atoms with Crippen LogP contribution < -0.4 is 5.73 Å². The van der Waals surface area contributed by atoms with E-state index in [1.165, 1.54) is 6.42 Å².